The van der Waals surface area contributed by atoms with Gasteiger partial charge in [-0.15, -0.1) is 0 Å². The Morgan fingerprint density at radius 2 is 1.86 bits per heavy atom. The van der Waals surface area contributed by atoms with Crippen LogP contribution in [-0.2, 0) is 0 Å². The quantitative estimate of drug-likeness (QED) is 0.579. The van der Waals surface area contributed by atoms with Gasteiger partial charge in [-0.25, -0.2) is 18.7 Å². The molecule has 1 atom stereocenters. The van der Waals surface area contributed by atoms with E-state index >= 15 is 0 Å². The van der Waals surface area contributed by atoms with Crippen LogP contribution in [0.4, 0.5) is 13.2 Å². The van der Waals surface area contributed by atoms with Gasteiger partial charge in [0.15, 0.2) is 10.9 Å². The number of alkyl halides is 3. The molecular formula is C7H7F3N2OS. The van der Waals surface area contributed by atoms with E-state index in [0.717, 1.165) is 12.4 Å². The zero-order valence-electron chi connectivity index (χ0n) is 7.15. The summed E-state index contributed by atoms with van der Waals surface area (Å²) in [6.45, 7) is 0. The Morgan fingerprint density at radius 3 is 2.29 bits per heavy atom. The van der Waals surface area contributed by atoms with Crippen molar-refractivity contribution in [3.63, 3.8) is 0 Å². The first-order chi connectivity index (χ1) is 6.63. The number of aromatic nitrogens is 2. The lowest BCUT2D eigenvalue weighted by Crippen LogP contribution is -2.19. The number of ether oxygens (including phenoxy) is 1. The van der Waals surface area contributed by atoms with Crippen LogP contribution in [0.5, 0.6) is 5.75 Å². The molecule has 14 heavy (non-hydrogen) atoms. The first kappa shape index (κ1) is 11.1. The van der Waals surface area contributed by atoms with Gasteiger partial charge in [-0.2, -0.15) is 4.39 Å². The zero-order chi connectivity index (χ0) is 10.6. The maximum Gasteiger partial charge on any atom is 0.304 e. The van der Waals surface area contributed by atoms with Crippen LogP contribution in [0.25, 0.3) is 0 Å². The van der Waals surface area contributed by atoms with Crippen molar-refractivity contribution in [2.75, 3.05) is 6.26 Å². The maximum absolute atomic E-state index is 12.4. The minimum Gasteiger partial charge on any atom is -0.451 e. The minimum absolute atomic E-state index is 0.115. The summed E-state index contributed by atoms with van der Waals surface area (Å²) in [4.78, 5) is 7.45. The molecule has 1 rings (SSSR count). The molecule has 0 radical (unpaired) electrons. The van der Waals surface area contributed by atoms with Crippen LogP contribution in [0.3, 0.4) is 0 Å². The normalized spacial score (nSPS) is 12.9. The van der Waals surface area contributed by atoms with Crippen molar-refractivity contribution in [2.24, 2.45) is 0 Å². The van der Waals surface area contributed by atoms with Gasteiger partial charge in [0.2, 0.25) is 0 Å². The molecule has 0 saturated heterocycles. The molecule has 0 aliphatic heterocycles. The molecule has 78 valence electrons. The summed E-state index contributed by atoms with van der Waals surface area (Å²) < 4.78 is 40.0. The molecule has 0 amide bonds. The van der Waals surface area contributed by atoms with Crippen molar-refractivity contribution >= 4 is 11.8 Å². The molecule has 0 N–H and O–H groups in total. The smallest absolute Gasteiger partial charge is 0.304 e. The van der Waals surface area contributed by atoms with Gasteiger partial charge in [0.1, 0.15) is 0 Å². The Labute approximate surface area is 82.7 Å². The molecule has 0 aliphatic rings. The summed E-state index contributed by atoms with van der Waals surface area (Å²) in [6, 6.07) is 0. The van der Waals surface area contributed by atoms with E-state index in [1.807, 2.05) is 0 Å². The Balaban J connectivity index is 2.59. The number of hydrogen-bond donors (Lipinski definition) is 0. The summed E-state index contributed by atoms with van der Waals surface area (Å²) in [5.41, 5.74) is 0. The Morgan fingerprint density at radius 1 is 1.29 bits per heavy atom. The third-order valence-corrected chi connectivity index (χ3v) is 1.81. The van der Waals surface area contributed by atoms with Gasteiger partial charge in [0.25, 0.3) is 6.36 Å². The molecule has 0 spiro atoms. The third-order valence-electron chi connectivity index (χ3n) is 1.23. The van der Waals surface area contributed by atoms with Gasteiger partial charge in [-0.05, 0) is 6.26 Å². The average Bonchev–Trinajstić information content (AvgIpc) is 2.19. The van der Waals surface area contributed by atoms with Gasteiger partial charge in [-0.1, -0.05) is 11.8 Å². The van der Waals surface area contributed by atoms with Crippen LogP contribution in [-0.4, -0.2) is 29.0 Å². The average molecular weight is 224 g/mol. The fourth-order valence-electron chi connectivity index (χ4n) is 0.652. The topological polar surface area (TPSA) is 35.0 Å². The highest BCUT2D eigenvalue weighted by atomic mass is 32.2. The van der Waals surface area contributed by atoms with Crippen molar-refractivity contribution in [1.29, 1.82) is 0 Å². The number of nitrogens with zero attached hydrogens (tertiary/aromatic N) is 2. The summed E-state index contributed by atoms with van der Waals surface area (Å²) in [5.74, 6) is -0.115. The number of rotatable bonds is 4. The molecule has 1 aromatic heterocycles. The second-order valence-electron chi connectivity index (χ2n) is 2.21. The van der Waals surface area contributed by atoms with E-state index in [1.54, 1.807) is 6.26 Å². The van der Waals surface area contributed by atoms with Crippen LogP contribution in [0.2, 0.25) is 0 Å². The highest BCUT2D eigenvalue weighted by molar-refractivity contribution is 7.98. The standard InChI is InChI=1S/C7H7F3N2OS/c1-14-7-11-2-4(3-12-7)13-6(10)5(8)9/h2-3,5-6H,1H3. The summed E-state index contributed by atoms with van der Waals surface area (Å²) in [5, 5.41) is 0.463. The predicted molar refractivity (Wildman–Crippen MR) is 45.3 cm³/mol. The minimum atomic E-state index is -3.17. The molecule has 7 heteroatoms. The van der Waals surface area contributed by atoms with Gasteiger partial charge in [0.05, 0.1) is 12.4 Å². The molecule has 0 fully saturated rings. The van der Waals surface area contributed by atoms with Gasteiger partial charge in [-0.3, -0.25) is 0 Å². The molecule has 0 bridgehead atoms. The number of hydrogen-bond acceptors (Lipinski definition) is 4. The van der Waals surface area contributed by atoms with Gasteiger partial charge >= 0.3 is 6.43 Å². The van der Waals surface area contributed by atoms with Crippen molar-refractivity contribution in [3.8, 4) is 5.75 Å². The lowest BCUT2D eigenvalue weighted by atomic mass is 10.6. The molecule has 0 aromatic carbocycles. The van der Waals surface area contributed by atoms with Crippen molar-refractivity contribution < 1.29 is 17.9 Å². The largest absolute Gasteiger partial charge is 0.451 e. The summed E-state index contributed by atoms with van der Waals surface area (Å²) in [6.07, 6.45) is -1.76. The van der Waals surface area contributed by atoms with E-state index in [1.165, 1.54) is 11.8 Å². The molecule has 1 heterocycles. The van der Waals surface area contributed by atoms with Crippen molar-refractivity contribution in [2.45, 2.75) is 17.9 Å². The summed E-state index contributed by atoms with van der Waals surface area (Å²) >= 11 is 1.28. The first-order valence-corrected chi connectivity index (χ1v) is 4.81. The Kier molecular flexibility index (Phi) is 3.99. The van der Waals surface area contributed by atoms with Crippen molar-refractivity contribution in [3.05, 3.63) is 12.4 Å². The zero-order valence-corrected chi connectivity index (χ0v) is 7.97. The van der Waals surface area contributed by atoms with E-state index in [4.69, 9.17) is 0 Å². The molecule has 3 nitrogen and oxygen atoms in total. The van der Waals surface area contributed by atoms with Gasteiger partial charge < -0.3 is 4.74 Å². The second-order valence-corrected chi connectivity index (χ2v) is 2.98. The van der Waals surface area contributed by atoms with E-state index in [-0.39, 0.29) is 5.75 Å². The fraction of sp³-hybridized carbons (Fsp3) is 0.429. The Hall–Kier alpha value is -0.980. The summed E-state index contributed by atoms with van der Waals surface area (Å²) in [7, 11) is 0. The molecule has 0 saturated carbocycles. The molecular weight excluding hydrogens is 217 g/mol. The van der Waals surface area contributed by atoms with Crippen LogP contribution in [0.1, 0.15) is 0 Å². The van der Waals surface area contributed by atoms with Gasteiger partial charge in [0, 0.05) is 0 Å². The Bertz CT molecular complexity index is 283. The van der Waals surface area contributed by atoms with E-state index in [2.05, 4.69) is 14.7 Å². The maximum atomic E-state index is 12.4. The molecule has 1 aromatic rings. The number of halogens is 3. The lowest BCUT2D eigenvalue weighted by molar-refractivity contribution is -0.0672. The van der Waals surface area contributed by atoms with E-state index < -0.39 is 12.8 Å². The third kappa shape index (κ3) is 3.06. The van der Waals surface area contributed by atoms with Crippen LogP contribution < -0.4 is 4.74 Å². The van der Waals surface area contributed by atoms with Crippen LogP contribution in [0, 0.1) is 0 Å². The fourth-order valence-corrected chi connectivity index (χ4v) is 0.968. The van der Waals surface area contributed by atoms with Crippen LogP contribution >= 0.6 is 11.8 Å². The second kappa shape index (κ2) is 5.04. The van der Waals surface area contributed by atoms with Crippen LogP contribution in [0.15, 0.2) is 17.6 Å². The predicted octanol–water partition coefficient (Wildman–Crippen LogP) is 2.14. The SMILES string of the molecule is CSc1ncc(OC(F)C(F)F)cn1. The lowest BCUT2D eigenvalue weighted by Gasteiger charge is -2.09. The highest BCUT2D eigenvalue weighted by Gasteiger charge is 2.20. The monoisotopic (exact) mass is 224 g/mol. The molecule has 0 aliphatic carbocycles. The first-order valence-electron chi connectivity index (χ1n) is 3.58. The number of thioether (sulfide) groups is 1. The highest BCUT2D eigenvalue weighted by Crippen LogP contribution is 2.16. The van der Waals surface area contributed by atoms with E-state index in [9.17, 15) is 13.2 Å². The van der Waals surface area contributed by atoms with Crippen molar-refractivity contribution in [1.82, 2.24) is 9.97 Å². The molecule has 1 unspecified atom stereocenters. The van der Waals surface area contributed by atoms with E-state index in [0.29, 0.717) is 5.16 Å².